The third kappa shape index (κ3) is 4.22. The number of hydrogen-bond donors (Lipinski definition) is 2. The second kappa shape index (κ2) is 6.92. The van der Waals surface area contributed by atoms with E-state index in [4.69, 9.17) is 5.73 Å². The van der Waals surface area contributed by atoms with Gasteiger partial charge in [0.1, 0.15) is 0 Å². The molecule has 0 spiro atoms. The Balaban J connectivity index is 0.00000180. The van der Waals surface area contributed by atoms with E-state index >= 15 is 0 Å². The second-order valence-corrected chi connectivity index (χ2v) is 5.60. The lowest BCUT2D eigenvalue weighted by molar-refractivity contribution is 0.0934. The van der Waals surface area contributed by atoms with Crippen LogP contribution in [0.25, 0.3) is 0 Å². The number of amides is 1. The summed E-state index contributed by atoms with van der Waals surface area (Å²) >= 11 is 0. The van der Waals surface area contributed by atoms with Crippen LogP contribution in [0, 0.1) is 5.41 Å². The largest absolute Gasteiger partial charge is 0.351 e. The number of carbonyl (C=O) groups is 1. The molecule has 1 aromatic carbocycles. The van der Waals surface area contributed by atoms with Crippen LogP contribution in [0.3, 0.4) is 0 Å². The lowest BCUT2D eigenvalue weighted by Gasteiger charge is -2.23. The van der Waals surface area contributed by atoms with Crippen molar-refractivity contribution in [1.82, 2.24) is 5.32 Å². The summed E-state index contributed by atoms with van der Waals surface area (Å²) in [5, 5.41) is 3.05. The highest BCUT2D eigenvalue weighted by atomic mass is 35.5. The van der Waals surface area contributed by atoms with E-state index in [2.05, 4.69) is 12.2 Å². The van der Waals surface area contributed by atoms with Crippen LogP contribution < -0.4 is 11.1 Å². The highest BCUT2D eigenvalue weighted by Gasteiger charge is 2.28. The highest BCUT2D eigenvalue weighted by molar-refractivity contribution is 5.94. The molecule has 1 saturated carbocycles. The summed E-state index contributed by atoms with van der Waals surface area (Å²) in [4.78, 5) is 12.0. The zero-order chi connectivity index (χ0) is 13.0. The Labute approximate surface area is 121 Å². The van der Waals surface area contributed by atoms with E-state index < -0.39 is 0 Å². The Morgan fingerprint density at radius 3 is 2.37 bits per heavy atom. The highest BCUT2D eigenvalue weighted by Crippen LogP contribution is 2.36. The molecule has 106 valence electrons. The van der Waals surface area contributed by atoms with Gasteiger partial charge in [0, 0.05) is 18.7 Å². The molecular formula is C15H23ClN2O. The lowest BCUT2D eigenvalue weighted by Crippen LogP contribution is -2.34. The smallest absolute Gasteiger partial charge is 0.251 e. The summed E-state index contributed by atoms with van der Waals surface area (Å²) in [5.74, 6) is 0.0201. The van der Waals surface area contributed by atoms with Gasteiger partial charge >= 0.3 is 0 Å². The maximum atomic E-state index is 12.0. The predicted octanol–water partition coefficient (Wildman–Crippen LogP) is 2.88. The summed E-state index contributed by atoms with van der Waals surface area (Å²) in [7, 11) is 0. The van der Waals surface area contributed by atoms with Gasteiger partial charge in [-0.25, -0.2) is 0 Å². The Kier molecular flexibility index (Phi) is 5.83. The molecule has 0 unspecified atom stereocenters. The topological polar surface area (TPSA) is 55.1 Å². The summed E-state index contributed by atoms with van der Waals surface area (Å²) in [5.41, 5.74) is 7.60. The van der Waals surface area contributed by atoms with Gasteiger partial charge in [0.05, 0.1) is 0 Å². The SMILES string of the molecule is CC1(CNC(=O)c2ccc(CN)cc2)CCCC1.Cl. The summed E-state index contributed by atoms with van der Waals surface area (Å²) in [6.07, 6.45) is 5.02. The minimum atomic E-state index is 0. The first-order valence-electron chi connectivity index (χ1n) is 6.70. The standard InChI is InChI=1S/C15H22N2O.ClH/c1-15(8-2-3-9-15)11-17-14(18)13-6-4-12(10-16)5-7-13;/h4-7H,2-3,8-11,16H2,1H3,(H,17,18);1H. The van der Waals surface area contributed by atoms with Crippen molar-refractivity contribution >= 4 is 18.3 Å². The monoisotopic (exact) mass is 282 g/mol. The third-order valence-electron chi connectivity index (χ3n) is 3.94. The van der Waals surface area contributed by atoms with Crippen molar-refractivity contribution < 1.29 is 4.79 Å². The van der Waals surface area contributed by atoms with Gasteiger partial charge in [-0.2, -0.15) is 0 Å². The van der Waals surface area contributed by atoms with Crippen LogP contribution in [0.5, 0.6) is 0 Å². The van der Waals surface area contributed by atoms with Crippen molar-refractivity contribution in [3.63, 3.8) is 0 Å². The average molecular weight is 283 g/mol. The van der Waals surface area contributed by atoms with Gasteiger partial charge in [-0.1, -0.05) is 31.9 Å². The first-order valence-corrected chi connectivity index (χ1v) is 6.70. The molecular weight excluding hydrogens is 260 g/mol. The summed E-state index contributed by atoms with van der Waals surface area (Å²) in [6, 6.07) is 7.50. The maximum absolute atomic E-state index is 12.0. The number of halogens is 1. The first-order chi connectivity index (χ1) is 8.63. The van der Waals surface area contributed by atoms with Crippen LogP contribution in [0.1, 0.15) is 48.5 Å². The number of carbonyl (C=O) groups excluding carboxylic acids is 1. The van der Waals surface area contributed by atoms with Gasteiger partial charge in [0.25, 0.3) is 5.91 Å². The number of nitrogens with two attached hydrogens (primary N) is 1. The van der Waals surface area contributed by atoms with E-state index in [0.717, 1.165) is 12.1 Å². The fourth-order valence-corrected chi connectivity index (χ4v) is 2.59. The molecule has 1 aromatic rings. The first kappa shape index (κ1) is 16.0. The summed E-state index contributed by atoms with van der Waals surface area (Å²) in [6.45, 7) is 3.56. The van der Waals surface area contributed by atoms with E-state index in [9.17, 15) is 4.79 Å². The molecule has 0 radical (unpaired) electrons. The molecule has 2 rings (SSSR count). The minimum Gasteiger partial charge on any atom is -0.351 e. The van der Waals surface area contributed by atoms with Crippen LogP contribution in [0.2, 0.25) is 0 Å². The van der Waals surface area contributed by atoms with Crippen molar-refractivity contribution in [1.29, 1.82) is 0 Å². The van der Waals surface area contributed by atoms with Crippen molar-refractivity contribution in [2.45, 2.75) is 39.2 Å². The number of rotatable bonds is 4. The molecule has 19 heavy (non-hydrogen) atoms. The molecule has 3 N–H and O–H groups in total. The van der Waals surface area contributed by atoms with E-state index in [1.54, 1.807) is 0 Å². The Bertz CT molecular complexity index is 411. The summed E-state index contributed by atoms with van der Waals surface area (Å²) < 4.78 is 0. The van der Waals surface area contributed by atoms with Crippen LogP contribution in [-0.4, -0.2) is 12.5 Å². The van der Waals surface area contributed by atoms with Crippen molar-refractivity contribution in [2.24, 2.45) is 11.1 Å². The van der Waals surface area contributed by atoms with Crippen molar-refractivity contribution in [3.05, 3.63) is 35.4 Å². The quantitative estimate of drug-likeness (QED) is 0.892. The Morgan fingerprint density at radius 2 is 1.84 bits per heavy atom. The van der Waals surface area contributed by atoms with Gasteiger partial charge in [-0.05, 0) is 36.0 Å². The molecule has 1 fully saturated rings. The zero-order valence-electron chi connectivity index (χ0n) is 11.4. The molecule has 0 bridgehead atoms. The van der Waals surface area contributed by atoms with Gasteiger partial charge in [0.15, 0.2) is 0 Å². The van der Waals surface area contributed by atoms with Crippen LogP contribution in [0.4, 0.5) is 0 Å². The normalized spacial score (nSPS) is 16.7. The molecule has 1 amide bonds. The zero-order valence-corrected chi connectivity index (χ0v) is 12.3. The van der Waals surface area contributed by atoms with E-state index in [-0.39, 0.29) is 18.3 Å². The van der Waals surface area contributed by atoms with Crippen LogP contribution >= 0.6 is 12.4 Å². The number of nitrogens with one attached hydrogen (secondary N) is 1. The minimum absolute atomic E-state index is 0. The molecule has 4 heteroatoms. The van der Waals surface area contributed by atoms with E-state index in [1.807, 2.05) is 24.3 Å². The van der Waals surface area contributed by atoms with Gasteiger partial charge in [-0.3, -0.25) is 4.79 Å². The molecule has 0 aliphatic heterocycles. The Morgan fingerprint density at radius 1 is 1.26 bits per heavy atom. The van der Waals surface area contributed by atoms with Gasteiger partial charge in [0.2, 0.25) is 0 Å². The molecule has 0 heterocycles. The lowest BCUT2D eigenvalue weighted by atomic mass is 9.89. The fraction of sp³-hybridized carbons (Fsp3) is 0.533. The predicted molar refractivity (Wildman–Crippen MR) is 80.5 cm³/mol. The third-order valence-corrected chi connectivity index (χ3v) is 3.94. The van der Waals surface area contributed by atoms with Crippen LogP contribution in [-0.2, 0) is 6.54 Å². The number of hydrogen-bond acceptors (Lipinski definition) is 2. The number of benzene rings is 1. The molecule has 1 aliphatic carbocycles. The van der Waals surface area contributed by atoms with E-state index in [1.165, 1.54) is 25.7 Å². The second-order valence-electron chi connectivity index (χ2n) is 5.60. The van der Waals surface area contributed by atoms with Crippen LogP contribution in [0.15, 0.2) is 24.3 Å². The molecule has 0 atom stereocenters. The van der Waals surface area contributed by atoms with Gasteiger partial charge < -0.3 is 11.1 Å². The maximum Gasteiger partial charge on any atom is 0.251 e. The average Bonchev–Trinajstić information content (AvgIpc) is 2.83. The molecule has 3 nitrogen and oxygen atoms in total. The molecule has 0 saturated heterocycles. The van der Waals surface area contributed by atoms with Crippen molar-refractivity contribution in [3.8, 4) is 0 Å². The molecule has 0 aromatic heterocycles. The fourth-order valence-electron chi connectivity index (χ4n) is 2.59. The molecule has 1 aliphatic rings. The van der Waals surface area contributed by atoms with Gasteiger partial charge in [-0.15, -0.1) is 12.4 Å². The Hall–Kier alpha value is -1.06. The van der Waals surface area contributed by atoms with Crippen molar-refractivity contribution in [2.75, 3.05) is 6.54 Å². The van der Waals surface area contributed by atoms with E-state index in [0.29, 0.717) is 17.5 Å².